The van der Waals surface area contributed by atoms with Crippen LogP contribution >= 0.6 is 0 Å². The van der Waals surface area contributed by atoms with E-state index in [-0.39, 0.29) is 12.1 Å². The highest BCUT2D eigenvalue weighted by molar-refractivity contribution is 6.02. The van der Waals surface area contributed by atoms with Crippen molar-refractivity contribution in [3.63, 3.8) is 0 Å². The third-order valence-electron chi connectivity index (χ3n) is 3.89. The van der Waals surface area contributed by atoms with E-state index in [2.05, 4.69) is 10.6 Å². The number of nitrogens with one attached hydrogen (secondary N) is 2. The Morgan fingerprint density at radius 1 is 1.38 bits per heavy atom. The number of anilines is 1. The average Bonchev–Trinajstić information content (AvgIpc) is 3.18. The van der Waals surface area contributed by atoms with Crippen LogP contribution in [0.4, 0.5) is 10.1 Å². The molecule has 0 spiro atoms. The second kappa shape index (κ2) is 4.54. The molecule has 1 saturated carbocycles. The summed E-state index contributed by atoms with van der Waals surface area (Å²) >= 11 is 0. The highest BCUT2D eigenvalue weighted by atomic mass is 19.1. The number of carbonyl (C=O) groups is 3. The molecule has 3 rings (SSSR count). The lowest BCUT2D eigenvalue weighted by Gasteiger charge is -2.26. The molecule has 2 amide bonds. The zero-order valence-corrected chi connectivity index (χ0v) is 11.0. The summed E-state index contributed by atoms with van der Waals surface area (Å²) in [5.41, 5.74) is -0.452. The van der Waals surface area contributed by atoms with Gasteiger partial charge in [-0.2, -0.15) is 0 Å². The van der Waals surface area contributed by atoms with Gasteiger partial charge in [0.1, 0.15) is 11.4 Å². The van der Waals surface area contributed by atoms with Crippen molar-refractivity contribution >= 4 is 23.5 Å². The zero-order chi connectivity index (χ0) is 15.2. The molecular formula is C14H13FN2O4. The molecule has 0 radical (unpaired) electrons. The predicted molar refractivity (Wildman–Crippen MR) is 70.1 cm³/mol. The van der Waals surface area contributed by atoms with Gasteiger partial charge in [-0.15, -0.1) is 0 Å². The number of halogens is 1. The minimum absolute atomic E-state index is 0.0832. The number of amides is 2. The van der Waals surface area contributed by atoms with Gasteiger partial charge in [-0.25, -0.2) is 9.18 Å². The Morgan fingerprint density at radius 2 is 2.10 bits per heavy atom. The summed E-state index contributed by atoms with van der Waals surface area (Å²) in [4.78, 5) is 35.1. The van der Waals surface area contributed by atoms with Crippen LogP contribution in [0.25, 0.3) is 0 Å². The standard InChI is InChI=1S/C14H13FN2O4/c15-7-1-2-8-9(6-11(18)16-10(8)5-7)12(19)17-14(3-4-14)13(20)21/h1-2,5,9H,3-4,6H2,(H,16,18)(H,17,19)(H,20,21)/t9-/m0/s1. The molecule has 0 aromatic heterocycles. The number of carboxylic acids is 1. The van der Waals surface area contributed by atoms with Crippen LogP contribution in [0.3, 0.4) is 0 Å². The van der Waals surface area contributed by atoms with Gasteiger partial charge in [0, 0.05) is 12.1 Å². The van der Waals surface area contributed by atoms with E-state index < -0.39 is 35.1 Å². The normalized spacial score (nSPS) is 22.0. The van der Waals surface area contributed by atoms with Crippen molar-refractivity contribution in [2.75, 3.05) is 5.32 Å². The fraction of sp³-hybridized carbons (Fsp3) is 0.357. The predicted octanol–water partition coefficient (Wildman–Crippen LogP) is 0.985. The fourth-order valence-corrected chi connectivity index (χ4v) is 2.51. The molecule has 110 valence electrons. The highest BCUT2D eigenvalue weighted by Gasteiger charge is 2.52. The lowest BCUT2D eigenvalue weighted by Crippen LogP contribution is -2.46. The van der Waals surface area contributed by atoms with Gasteiger partial charge in [0.05, 0.1) is 5.92 Å². The van der Waals surface area contributed by atoms with Gasteiger partial charge < -0.3 is 15.7 Å². The third kappa shape index (κ3) is 2.35. The Bertz CT molecular complexity index is 654. The Morgan fingerprint density at radius 3 is 2.71 bits per heavy atom. The van der Waals surface area contributed by atoms with Gasteiger partial charge in [-0.3, -0.25) is 9.59 Å². The Balaban J connectivity index is 1.87. The van der Waals surface area contributed by atoms with Crippen molar-refractivity contribution < 1.29 is 23.9 Å². The number of carbonyl (C=O) groups excluding carboxylic acids is 2. The second-order valence-electron chi connectivity index (χ2n) is 5.41. The fourth-order valence-electron chi connectivity index (χ4n) is 2.51. The topological polar surface area (TPSA) is 95.5 Å². The molecule has 0 unspecified atom stereocenters. The first-order valence-corrected chi connectivity index (χ1v) is 6.56. The number of hydrogen-bond donors (Lipinski definition) is 3. The number of benzene rings is 1. The van der Waals surface area contributed by atoms with E-state index in [1.807, 2.05) is 0 Å². The molecule has 0 saturated heterocycles. The van der Waals surface area contributed by atoms with E-state index in [4.69, 9.17) is 5.11 Å². The summed E-state index contributed by atoms with van der Waals surface area (Å²) in [6.07, 6.45) is 0.673. The van der Waals surface area contributed by atoms with Crippen LogP contribution in [-0.2, 0) is 14.4 Å². The van der Waals surface area contributed by atoms with Gasteiger partial charge in [0.25, 0.3) is 0 Å². The third-order valence-corrected chi connectivity index (χ3v) is 3.89. The molecule has 6 nitrogen and oxygen atoms in total. The maximum atomic E-state index is 13.2. The van der Waals surface area contributed by atoms with E-state index in [1.165, 1.54) is 12.1 Å². The van der Waals surface area contributed by atoms with Crippen LogP contribution in [-0.4, -0.2) is 28.4 Å². The zero-order valence-electron chi connectivity index (χ0n) is 11.0. The van der Waals surface area contributed by atoms with Gasteiger partial charge in [0.15, 0.2) is 0 Å². The van der Waals surface area contributed by atoms with Crippen molar-refractivity contribution in [1.82, 2.24) is 5.32 Å². The molecule has 7 heteroatoms. The molecule has 1 heterocycles. The highest BCUT2D eigenvalue weighted by Crippen LogP contribution is 2.38. The van der Waals surface area contributed by atoms with E-state index in [9.17, 15) is 18.8 Å². The molecule has 0 bridgehead atoms. The van der Waals surface area contributed by atoms with Gasteiger partial charge in [-0.1, -0.05) is 6.07 Å². The smallest absolute Gasteiger partial charge is 0.329 e. The van der Waals surface area contributed by atoms with Crippen LogP contribution < -0.4 is 10.6 Å². The van der Waals surface area contributed by atoms with E-state index >= 15 is 0 Å². The minimum Gasteiger partial charge on any atom is -0.480 e. The first kappa shape index (κ1) is 13.5. The number of rotatable bonds is 3. The van der Waals surface area contributed by atoms with Gasteiger partial charge in [0.2, 0.25) is 11.8 Å². The van der Waals surface area contributed by atoms with Crippen LogP contribution in [0.1, 0.15) is 30.7 Å². The number of hydrogen-bond acceptors (Lipinski definition) is 3. The number of fused-ring (bicyclic) bond motifs is 1. The van der Waals surface area contributed by atoms with Crippen molar-refractivity contribution in [2.24, 2.45) is 0 Å². The van der Waals surface area contributed by atoms with E-state index in [1.54, 1.807) is 0 Å². The maximum absolute atomic E-state index is 13.2. The molecule has 1 atom stereocenters. The molecule has 1 aliphatic heterocycles. The van der Waals surface area contributed by atoms with E-state index in [0.717, 1.165) is 6.07 Å². The second-order valence-corrected chi connectivity index (χ2v) is 5.41. The molecule has 21 heavy (non-hydrogen) atoms. The van der Waals surface area contributed by atoms with Crippen molar-refractivity contribution in [3.8, 4) is 0 Å². The molecule has 3 N–H and O–H groups in total. The van der Waals surface area contributed by atoms with E-state index in [0.29, 0.717) is 18.4 Å². The molecule has 1 aromatic carbocycles. The summed E-state index contributed by atoms with van der Waals surface area (Å²) in [5.74, 6) is -3.30. The van der Waals surface area contributed by atoms with Gasteiger partial charge in [-0.05, 0) is 30.5 Å². The monoisotopic (exact) mass is 292 g/mol. The van der Waals surface area contributed by atoms with Crippen LogP contribution in [0.5, 0.6) is 0 Å². The number of carboxylic acid groups (broad SMARTS) is 1. The SMILES string of the molecule is O=C1C[C@H](C(=O)NC2(C(=O)O)CC2)c2ccc(F)cc2N1. The Hall–Kier alpha value is -2.44. The van der Waals surface area contributed by atoms with Crippen molar-refractivity contribution in [1.29, 1.82) is 0 Å². The Kier molecular flexibility index (Phi) is 2.93. The van der Waals surface area contributed by atoms with Crippen molar-refractivity contribution in [2.45, 2.75) is 30.7 Å². The summed E-state index contributed by atoms with van der Waals surface area (Å²) < 4.78 is 13.2. The summed E-state index contributed by atoms with van der Waals surface area (Å²) in [7, 11) is 0. The van der Waals surface area contributed by atoms with Crippen LogP contribution in [0.2, 0.25) is 0 Å². The number of aliphatic carboxylic acids is 1. The molecular weight excluding hydrogens is 279 g/mol. The first-order chi connectivity index (χ1) is 9.91. The van der Waals surface area contributed by atoms with Gasteiger partial charge >= 0.3 is 5.97 Å². The lowest BCUT2D eigenvalue weighted by atomic mass is 9.89. The quantitative estimate of drug-likeness (QED) is 0.774. The summed E-state index contributed by atoms with van der Waals surface area (Å²) in [6.45, 7) is 0. The molecule has 1 aliphatic carbocycles. The average molecular weight is 292 g/mol. The molecule has 1 fully saturated rings. The van der Waals surface area contributed by atoms with Crippen LogP contribution in [0, 0.1) is 5.82 Å². The Labute approximate surface area is 119 Å². The first-order valence-electron chi connectivity index (χ1n) is 6.56. The van der Waals surface area contributed by atoms with Crippen LogP contribution in [0.15, 0.2) is 18.2 Å². The molecule has 1 aromatic rings. The maximum Gasteiger partial charge on any atom is 0.329 e. The summed E-state index contributed by atoms with van der Waals surface area (Å²) in [6, 6.07) is 3.80. The largest absolute Gasteiger partial charge is 0.480 e. The molecule has 2 aliphatic rings. The minimum atomic E-state index is -1.20. The van der Waals surface area contributed by atoms with Crippen molar-refractivity contribution in [3.05, 3.63) is 29.6 Å². The summed E-state index contributed by atoms with van der Waals surface area (Å²) in [5, 5.41) is 14.1. The lowest BCUT2D eigenvalue weighted by molar-refractivity contribution is -0.143.